The first-order valence-electron chi connectivity index (χ1n) is 7.16. The molecule has 1 aliphatic heterocycles. The zero-order valence-electron chi connectivity index (χ0n) is 12.1. The fourth-order valence-electron chi connectivity index (χ4n) is 2.64. The molecule has 1 saturated heterocycles. The Hall–Kier alpha value is -2.61. The van der Waals surface area contributed by atoms with E-state index in [9.17, 15) is 0 Å². The van der Waals surface area contributed by atoms with E-state index in [-0.39, 0.29) is 6.04 Å². The molecule has 8 nitrogen and oxygen atoms in total. The van der Waals surface area contributed by atoms with Crippen LogP contribution in [-0.4, -0.2) is 48.2 Å². The fraction of sp³-hybridized carbons (Fsp3) is 0.357. The zero-order chi connectivity index (χ0) is 14.9. The van der Waals surface area contributed by atoms with Crippen molar-refractivity contribution in [2.24, 2.45) is 0 Å². The largest absolute Gasteiger partial charge is 0.379 e. The number of tetrazole rings is 1. The highest BCUT2D eigenvalue weighted by Gasteiger charge is 2.22. The Morgan fingerprint density at radius 2 is 2.09 bits per heavy atom. The second-order valence-electron chi connectivity index (χ2n) is 5.25. The van der Waals surface area contributed by atoms with Gasteiger partial charge in [-0.3, -0.25) is 0 Å². The molecular weight excluding hydrogens is 282 g/mol. The van der Waals surface area contributed by atoms with Gasteiger partial charge in [0.05, 0.1) is 18.3 Å². The van der Waals surface area contributed by atoms with Crippen LogP contribution in [0, 0.1) is 6.92 Å². The number of ether oxygens (including phenoxy) is 1. The van der Waals surface area contributed by atoms with E-state index in [4.69, 9.17) is 4.74 Å². The van der Waals surface area contributed by atoms with E-state index < -0.39 is 0 Å². The molecule has 3 heterocycles. The number of aromatic nitrogens is 7. The highest BCUT2D eigenvalue weighted by Crippen LogP contribution is 2.26. The Morgan fingerprint density at radius 3 is 2.77 bits per heavy atom. The van der Waals surface area contributed by atoms with Gasteiger partial charge in [-0.2, -0.15) is 5.10 Å². The molecule has 1 atom stereocenters. The SMILES string of the molecule is Cc1nc(-c2ccc(-n3cnnn3)cc2)n(C2CCOC2)n1. The molecule has 1 aromatic carbocycles. The lowest BCUT2D eigenvalue weighted by Crippen LogP contribution is -2.12. The van der Waals surface area contributed by atoms with Crippen LogP contribution >= 0.6 is 0 Å². The summed E-state index contributed by atoms with van der Waals surface area (Å²) in [6, 6.07) is 8.20. The van der Waals surface area contributed by atoms with Gasteiger partial charge in [-0.25, -0.2) is 14.3 Å². The minimum Gasteiger partial charge on any atom is -0.379 e. The van der Waals surface area contributed by atoms with Crippen molar-refractivity contribution in [2.75, 3.05) is 13.2 Å². The summed E-state index contributed by atoms with van der Waals surface area (Å²) in [7, 11) is 0. The third kappa shape index (κ3) is 2.27. The van der Waals surface area contributed by atoms with Crippen LogP contribution in [0.3, 0.4) is 0 Å². The highest BCUT2D eigenvalue weighted by atomic mass is 16.5. The van der Waals surface area contributed by atoms with E-state index in [0.29, 0.717) is 6.61 Å². The summed E-state index contributed by atoms with van der Waals surface area (Å²) in [5.41, 5.74) is 1.92. The fourth-order valence-corrected chi connectivity index (χ4v) is 2.64. The first kappa shape index (κ1) is 13.1. The molecule has 2 aromatic heterocycles. The predicted molar refractivity (Wildman–Crippen MR) is 77.4 cm³/mol. The van der Waals surface area contributed by atoms with Crippen LogP contribution < -0.4 is 0 Å². The van der Waals surface area contributed by atoms with Crippen LogP contribution in [0.4, 0.5) is 0 Å². The molecule has 0 aliphatic carbocycles. The number of benzene rings is 1. The van der Waals surface area contributed by atoms with Crippen LogP contribution in [0.1, 0.15) is 18.3 Å². The molecule has 1 fully saturated rings. The van der Waals surface area contributed by atoms with Gasteiger partial charge in [0, 0.05) is 12.2 Å². The van der Waals surface area contributed by atoms with Gasteiger partial charge in [-0.15, -0.1) is 5.10 Å². The summed E-state index contributed by atoms with van der Waals surface area (Å²) in [5.74, 6) is 1.64. The first-order valence-corrected chi connectivity index (χ1v) is 7.16. The normalized spacial score (nSPS) is 18.0. The molecule has 0 N–H and O–H groups in total. The number of aryl methyl sites for hydroxylation is 1. The maximum absolute atomic E-state index is 5.47. The van der Waals surface area contributed by atoms with Crippen molar-refractivity contribution >= 4 is 0 Å². The van der Waals surface area contributed by atoms with Crippen molar-refractivity contribution in [3.05, 3.63) is 36.4 Å². The minimum atomic E-state index is 0.260. The molecule has 0 amide bonds. The van der Waals surface area contributed by atoms with Gasteiger partial charge in [-0.05, 0) is 48.0 Å². The quantitative estimate of drug-likeness (QED) is 0.722. The van der Waals surface area contributed by atoms with Crippen molar-refractivity contribution in [3.8, 4) is 17.1 Å². The van der Waals surface area contributed by atoms with Crippen LogP contribution in [0.25, 0.3) is 17.1 Å². The summed E-state index contributed by atoms with van der Waals surface area (Å²) in [4.78, 5) is 4.57. The Labute approximate surface area is 126 Å². The average molecular weight is 297 g/mol. The summed E-state index contributed by atoms with van der Waals surface area (Å²) >= 11 is 0. The Balaban J connectivity index is 1.70. The van der Waals surface area contributed by atoms with E-state index >= 15 is 0 Å². The molecule has 1 unspecified atom stereocenters. The molecule has 0 radical (unpaired) electrons. The number of hydrogen-bond acceptors (Lipinski definition) is 6. The maximum Gasteiger partial charge on any atom is 0.158 e. The molecule has 4 rings (SSSR count). The zero-order valence-corrected chi connectivity index (χ0v) is 12.1. The molecule has 1 aliphatic rings. The predicted octanol–water partition coefficient (Wildman–Crippen LogP) is 1.19. The lowest BCUT2D eigenvalue weighted by Gasteiger charge is -2.11. The lowest BCUT2D eigenvalue weighted by atomic mass is 10.2. The van der Waals surface area contributed by atoms with Crippen LogP contribution in [0.5, 0.6) is 0 Å². The van der Waals surface area contributed by atoms with Gasteiger partial charge in [0.2, 0.25) is 0 Å². The smallest absolute Gasteiger partial charge is 0.158 e. The van der Waals surface area contributed by atoms with Crippen LogP contribution in [0.15, 0.2) is 30.6 Å². The summed E-state index contributed by atoms with van der Waals surface area (Å²) < 4.78 is 9.06. The second-order valence-corrected chi connectivity index (χ2v) is 5.25. The maximum atomic E-state index is 5.47. The third-order valence-corrected chi connectivity index (χ3v) is 3.73. The molecule has 3 aromatic rings. The van der Waals surface area contributed by atoms with E-state index in [1.807, 2.05) is 35.9 Å². The molecule has 8 heteroatoms. The Morgan fingerprint density at radius 1 is 1.23 bits per heavy atom. The molecule has 0 spiro atoms. The van der Waals surface area contributed by atoms with Crippen molar-refractivity contribution in [3.63, 3.8) is 0 Å². The Bertz CT molecular complexity index is 757. The van der Waals surface area contributed by atoms with Gasteiger partial charge >= 0.3 is 0 Å². The van der Waals surface area contributed by atoms with Gasteiger partial charge in [0.1, 0.15) is 12.2 Å². The van der Waals surface area contributed by atoms with Gasteiger partial charge in [0.15, 0.2) is 5.82 Å². The number of nitrogens with zero attached hydrogens (tertiary/aromatic N) is 7. The second kappa shape index (κ2) is 5.30. The van der Waals surface area contributed by atoms with E-state index in [0.717, 1.165) is 35.9 Å². The van der Waals surface area contributed by atoms with Crippen molar-refractivity contribution in [2.45, 2.75) is 19.4 Å². The van der Waals surface area contributed by atoms with Crippen LogP contribution in [-0.2, 0) is 4.74 Å². The molecule has 0 bridgehead atoms. The van der Waals surface area contributed by atoms with Gasteiger partial charge in [0.25, 0.3) is 0 Å². The molecule has 22 heavy (non-hydrogen) atoms. The minimum absolute atomic E-state index is 0.260. The summed E-state index contributed by atoms with van der Waals surface area (Å²) in [6.45, 7) is 3.38. The summed E-state index contributed by atoms with van der Waals surface area (Å²) in [5, 5.41) is 15.7. The number of rotatable bonds is 3. The van der Waals surface area contributed by atoms with Crippen molar-refractivity contribution in [1.82, 2.24) is 35.0 Å². The van der Waals surface area contributed by atoms with E-state index in [1.165, 1.54) is 0 Å². The van der Waals surface area contributed by atoms with Crippen molar-refractivity contribution < 1.29 is 4.74 Å². The van der Waals surface area contributed by atoms with Gasteiger partial charge < -0.3 is 4.74 Å². The summed E-state index contributed by atoms with van der Waals surface area (Å²) in [6.07, 6.45) is 2.54. The first-order chi connectivity index (χ1) is 10.8. The topological polar surface area (TPSA) is 83.5 Å². The highest BCUT2D eigenvalue weighted by molar-refractivity contribution is 5.57. The number of hydrogen-bond donors (Lipinski definition) is 0. The molecule has 112 valence electrons. The Kier molecular flexibility index (Phi) is 3.15. The lowest BCUT2D eigenvalue weighted by molar-refractivity contribution is 0.184. The van der Waals surface area contributed by atoms with E-state index in [2.05, 4.69) is 25.6 Å². The average Bonchev–Trinajstić information content (AvgIpc) is 3.28. The standard InChI is InChI=1S/C14H15N7O/c1-10-16-14(21(17-10)13-6-7-22-8-13)11-2-4-12(5-3-11)20-9-15-18-19-20/h2-5,9,13H,6-8H2,1H3. The third-order valence-electron chi connectivity index (χ3n) is 3.73. The van der Waals surface area contributed by atoms with Crippen LogP contribution in [0.2, 0.25) is 0 Å². The monoisotopic (exact) mass is 297 g/mol. The van der Waals surface area contributed by atoms with E-state index in [1.54, 1.807) is 11.0 Å². The molecule has 0 saturated carbocycles. The van der Waals surface area contributed by atoms with Gasteiger partial charge in [-0.1, -0.05) is 0 Å². The van der Waals surface area contributed by atoms with Crippen molar-refractivity contribution in [1.29, 1.82) is 0 Å². The molecular formula is C14H15N7O.